The molecule has 1 atom stereocenters. The lowest BCUT2D eigenvalue weighted by atomic mass is 9.80. The summed E-state index contributed by atoms with van der Waals surface area (Å²) >= 11 is 0. The Labute approximate surface area is 91.3 Å². The fourth-order valence-electron chi connectivity index (χ4n) is 3.21. The zero-order valence-corrected chi connectivity index (χ0v) is 9.58. The molecule has 2 heterocycles. The molecule has 1 aliphatic carbocycles. The second kappa shape index (κ2) is 3.31. The number of aryl methyl sites for hydroxylation is 2. The van der Waals surface area contributed by atoms with Crippen LogP contribution in [0.15, 0.2) is 6.07 Å². The molecule has 2 heteroatoms. The van der Waals surface area contributed by atoms with E-state index in [9.17, 15) is 0 Å². The summed E-state index contributed by atoms with van der Waals surface area (Å²) in [5.41, 5.74) is 5.73. The van der Waals surface area contributed by atoms with Crippen molar-refractivity contribution in [2.24, 2.45) is 0 Å². The van der Waals surface area contributed by atoms with Crippen molar-refractivity contribution in [1.82, 2.24) is 9.88 Å². The van der Waals surface area contributed by atoms with Crippen molar-refractivity contribution in [3.63, 3.8) is 0 Å². The summed E-state index contributed by atoms with van der Waals surface area (Å²) in [4.78, 5) is 7.16. The van der Waals surface area contributed by atoms with Gasteiger partial charge in [0.15, 0.2) is 0 Å². The molecule has 1 aliphatic heterocycles. The van der Waals surface area contributed by atoms with Crippen LogP contribution >= 0.6 is 0 Å². The molecule has 0 saturated heterocycles. The van der Waals surface area contributed by atoms with Crippen molar-refractivity contribution >= 4 is 0 Å². The molecule has 1 aromatic rings. The molecular weight excluding hydrogens is 184 g/mol. The first-order chi connectivity index (χ1) is 7.24. The summed E-state index contributed by atoms with van der Waals surface area (Å²) in [5.74, 6) is 0.760. The first-order valence-electron chi connectivity index (χ1n) is 5.92. The van der Waals surface area contributed by atoms with Crippen LogP contribution in [0.2, 0.25) is 0 Å². The van der Waals surface area contributed by atoms with E-state index in [0.29, 0.717) is 0 Å². The molecule has 0 saturated carbocycles. The number of hydrogen-bond acceptors (Lipinski definition) is 2. The molecule has 0 N–H and O–H groups in total. The van der Waals surface area contributed by atoms with Crippen LogP contribution in [0, 0.1) is 6.92 Å². The van der Waals surface area contributed by atoms with E-state index in [0.717, 1.165) is 12.5 Å². The van der Waals surface area contributed by atoms with E-state index in [1.807, 2.05) is 0 Å². The van der Waals surface area contributed by atoms with E-state index in [1.54, 1.807) is 5.56 Å². The Morgan fingerprint density at radius 2 is 2.33 bits per heavy atom. The summed E-state index contributed by atoms with van der Waals surface area (Å²) in [6.45, 7) is 4.46. The van der Waals surface area contributed by atoms with Crippen molar-refractivity contribution in [3.8, 4) is 0 Å². The number of hydrogen-bond donors (Lipinski definition) is 0. The van der Waals surface area contributed by atoms with Gasteiger partial charge in [0.25, 0.3) is 0 Å². The second-order valence-corrected chi connectivity index (χ2v) is 5.07. The molecule has 2 nitrogen and oxygen atoms in total. The minimum atomic E-state index is 0.760. The summed E-state index contributed by atoms with van der Waals surface area (Å²) < 4.78 is 0. The largest absolute Gasteiger partial charge is 0.301 e. The van der Waals surface area contributed by atoms with Gasteiger partial charge in [0, 0.05) is 24.5 Å². The van der Waals surface area contributed by atoms with Gasteiger partial charge in [-0.25, -0.2) is 0 Å². The van der Waals surface area contributed by atoms with Crippen LogP contribution in [0.5, 0.6) is 0 Å². The average Bonchev–Trinajstić information content (AvgIpc) is 2.16. The Hall–Kier alpha value is -0.890. The lowest BCUT2D eigenvalue weighted by molar-refractivity contribution is 0.265. The maximum absolute atomic E-state index is 4.71. The van der Waals surface area contributed by atoms with Crippen LogP contribution < -0.4 is 0 Å². The van der Waals surface area contributed by atoms with E-state index in [1.165, 1.54) is 42.8 Å². The molecule has 0 aromatic carbocycles. The monoisotopic (exact) mass is 202 g/mol. The predicted molar refractivity (Wildman–Crippen MR) is 61.0 cm³/mol. The van der Waals surface area contributed by atoms with Crippen molar-refractivity contribution in [2.45, 2.75) is 38.6 Å². The lowest BCUT2D eigenvalue weighted by Crippen LogP contribution is -2.33. The molecule has 0 fully saturated rings. The highest BCUT2D eigenvalue weighted by Gasteiger charge is 2.29. The molecule has 80 valence electrons. The van der Waals surface area contributed by atoms with Gasteiger partial charge in [-0.2, -0.15) is 0 Å². The molecule has 1 aromatic heterocycles. The van der Waals surface area contributed by atoms with E-state index < -0.39 is 0 Å². The molecular formula is C13H18N2. The molecule has 0 amide bonds. The highest BCUT2D eigenvalue weighted by atomic mass is 15.1. The first-order valence-corrected chi connectivity index (χ1v) is 5.92. The number of rotatable bonds is 0. The lowest BCUT2D eigenvalue weighted by Gasteiger charge is -2.36. The second-order valence-electron chi connectivity index (χ2n) is 5.07. The highest BCUT2D eigenvalue weighted by Crippen LogP contribution is 2.37. The van der Waals surface area contributed by atoms with Gasteiger partial charge in [-0.05, 0) is 56.3 Å². The summed E-state index contributed by atoms with van der Waals surface area (Å²) in [6.07, 6.45) is 3.88. The minimum Gasteiger partial charge on any atom is -0.301 e. The maximum atomic E-state index is 4.71. The normalized spacial score (nSPS) is 25.1. The Morgan fingerprint density at radius 1 is 1.47 bits per heavy atom. The smallest absolute Gasteiger partial charge is 0.0445 e. The number of likely N-dealkylation sites (N-methyl/N-ethyl adjacent to an activating group) is 1. The third kappa shape index (κ3) is 1.48. The third-order valence-corrected chi connectivity index (χ3v) is 3.70. The van der Waals surface area contributed by atoms with Gasteiger partial charge in [-0.1, -0.05) is 0 Å². The quantitative estimate of drug-likeness (QED) is 0.641. The molecule has 0 spiro atoms. The van der Waals surface area contributed by atoms with Gasteiger partial charge in [0.1, 0.15) is 0 Å². The average molecular weight is 202 g/mol. The van der Waals surface area contributed by atoms with Crippen LogP contribution in [-0.2, 0) is 13.0 Å². The van der Waals surface area contributed by atoms with E-state index in [4.69, 9.17) is 4.98 Å². The number of nitrogens with zero attached hydrogens (tertiary/aromatic N) is 2. The highest BCUT2D eigenvalue weighted by molar-refractivity contribution is 5.39. The van der Waals surface area contributed by atoms with Crippen LogP contribution in [0.3, 0.4) is 0 Å². The van der Waals surface area contributed by atoms with Gasteiger partial charge >= 0.3 is 0 Å². The first kappa shape index (κ1) is 9.34. The molecule has 0 radical (unpaired) electrons. The predicted octanol–water partition coefficient (Wildman–Crippen LogP) is 2.26. The molecule has 15 heavy (non-hydrogen) atoms. The zero-order chi connectivity index (χ0) is 10.4. The summed E-state index contributed by atoms with van der Waals surface area (Å²) in [6, 6.07) is 2.28. The Morgan fingerprint density at radius 3 is 3.20 bits per heavy atom. The topological polar surface area (TPSA) is 16.1 Å². The molecule has 3 rings (SSSR count). The standard InChI is InChI=1S/C13H18N2/c1-9-6-11-8-15(2)7-10-4-3-5-12(14-9)13(10)11/h6,10H,3-5,7-8H2,1-2H3. The Bertz CT molecular complexity index is 398. The van der Waals surface area contributed by atoms with Crippen LogP contribution in [-0.4, -0.2) is 23.5 Å². The van der Waals surface area contributed by atoms with E-state index in [2.05, 4.69) is 24.9 Å². The fraction of sp³-hybridized carbons (Fsp3) is 0.615. The Kier molecular flexibility index (Phi) is 2.06. The molecule has 2 aliphatic rings. The molecule has 1 unspecified atom stereocenters. The summed E-state index contributed by atoms with van der Waals surface area (Å²) in [5, 5.41) is 0. The fourth-order valence-corrected chi connectivity index (χ4v) is 3.21. The van der Waals surface area contributed by atoms with Gasteiger partial charge in [0.05, 0.1) is 0 Å². The summed E-state index contributed by atoms with van der Waals surface area (Å²) in [7, 11) is 2.23. The molecule has 0 bridgehead atoms. The van der Waals surface area contributed by atoms with Gasteiger partial charge < -0.3 is 4.90 Å². The number of aromatic nitrogens is 1. The van der Waals surface area contributed by atoms with E-state index in [-0.39, 0.29) is 0 Å². The van der Waals surface area contributed by atoms with E-state index >= 15 is 0 Å². The maximum Gasteiger partial charge on any atom is 0.0445 e. The van der Waals surface area contributed by atoms with Crippen molar-refractivity contribution in [2.75, 3.05) is 13.6 Å². The van der Waals surface area contributed by atoms with Crippen molar-refractivity contribution in [1.29, 1.82) is 0 Å². The Balaban J connectivity index is 2.16. The number of pyridine rings is 1. The third-order valence-electron chi connectivity index (χ3n) is 3.70. The van der Waals surface area contributed by atoms with Crippen molar-refractivity contribution < 1.29 is 0 Å². The SMILES string of the molecule is Cc1cc2c3c(n1)CCCC3CN(C)C2. The van der Waals surface area contributed by atoms with Crippen LogP contribution in [0.25, 0.3) is 0 Å². The minimum absolute atomic E-state index is 0.760. The van der Waals surface area contributed by atoms with Crippen molar-refractivity contribution in [3.05, 3.63) is 28.6 Å². The van der Waals surface area contributed by atoms with Crippen LogP contribution in [0.4, 0.5) is 0 Å². The van der Waals surface area contributed by atoms with Gasteiger partial charge in [-0.15, -0.1) is 0 Å². The van der Waals surface area contributed by atoms with Gasteiger partial charge in [-0.3, -0.25) is 4.98 Å². The van der Waals surface area contributed by atoms with Crippen LogP contribution in [0.1, 0.15) is 41.3 Å². The zero-order valence-electron chi connectivity index (χ0n) is 9.58. The van der Waals surface area contributed by atoms with Gasteiger partial charge in [0.2, 0.25) is 0 Å².